The standard InChI is InChI=1S/C14H20FNO5/c1-3-4-14(15)5-6-16-11(12(17)18)9(14)7-10-8(2)20-13(19)21-10/h9,11,16H,3-7H2,1-2H3,(H,17,18). The van der Waals surface area contributed by atoms with E-state index in [0.29, 0.717) is 13.0 Å². The number of carbonyl (C=O) groups is 1. The largest absolute Gasteiger partial charge is 0.519 e. The fourth-order valence-corrected chi connectivity index (χ4v) is 3.11. The predicted molar refractivity (Wildman–Crippen MR) is 72.0 cm³/mol. The summed E-state index contributed by atoms with van der Waals surface area (Å²) in [4.78, 5) is 22.5. The molecule has 0 amide bonds. The van der Waals surface area contributed by atoms with Crippen molar-refractivity contribution in [1.82, 2.24) is 5.32 Å². The van der Waals surface area contributed by atoms with Crippen LogP contribution in [0, 0.1) is 12.8 Å². The molecule has 6 nitrogen and oxygen atoms in total. The lowest BCUT2D eigenvalue weighted by Crippen LogP contribution is -2.58. The first-order valence-electron chi connectivity index (χ1n) is 7.12. The molecule has 0 radical (unpaired) electrons. The van der Waals surface area contributed by atoms with Gasteiger partial charge in [0.25, 0.3) is 0 Å². The third-order valence-corrected chi connectivity index (χ3v) is 4.14. The summed E-state index contributed by atoms with van der Waals surface area (Å²) in [5, 5.41) is 12.2. The molecule has 1 saturated heterocycles. The molecule has 0 spiro atoms. The van der Waals surface area contributed by atoms with Crippen molar-refractivity contribution in [1.29, 1.82) is 0 Å². The highest BCUT2D eigenvalue weighted by atomic mass is 19.1. The fourth-order valence-electron chi connectivity index (χ4n) is 3.11. The van der Waals surface area contributed by atoms with Crippen LogP contribution in [0.15, 0.2) is 13.6 Å². The van der Waals surface area contributed by atoms with E-state index in [1.165, 1.54) is 0 Å². The number of rotatable bonds is 5. The first-order chi connectivity index (χ1) is 9.87. The van der Waals surface area contributed by atoms with E-state index in [2.05, 4.69) is 5.32 Å². The second-order valence-corrected chi connectivity index (χ2v) is 5.55. The molecule has 1 aromatic rings. The maximum absolute atomic E-state index is 15.2. The maximum atomic E-state index is 15.2. The molecular formula is C14H20FNO5. The number of alkyl halides is 1. The number of hydrogen-bond donors (Lipinski definition) is 2. The van der Waals surface area contributed by atoms with E-state index in [0.717, 1.165) is 0 Å². The van der Waals surface area contributed by atoms with Crippen LogP contribution in [0.1, 0.15) is 37.7 Å². The molecule has 0 bridgehead atoms. The molecule has 3 atom stereocenters. The van der Waals surface area contributed by atoms with Crippen LogP contribution in [0.2, 0.25) is 0 Å². The summed E-state index contributed by atoms with van der Waals surface area (Å²) in [5.41, 5.74) is -1.59. The Morgan fingerprint density at radius 3 is 2.76 bits per heavy atom. The van der Waals surface area contributed by atoms with E-state index in [-0.39, 0.29) is 30.8 Å². The van der Waals surface area contributed by atoms with Crippen LogP contribution >= 0.6 is 0 Å². The van der Waals surface area contributed by atoms with Gasteiger partial charge in [-0.05, 0) is 26.3 Å². The SMILES string of the molecule is CCCC1(F)CCNC(C(=O)O)C1Cc1oc(=O)oc1C. The maximum Gasteiger partial charge on any atom is 0.519 e. The molecule has 0 aliphatic carbocycles. The molecule has 1 aliphatic heterocycles. The topological polar surface area (TPSA) is 92.7 Å². The number of aryl methyl sites for hydroxylation is 1. The molecule has 0 aromatic carbocycles. The zero-order chi connectivity index (χ0) is 15.6. The van der Waals surface area contributed by atoms with Crippen LogP contribution in [0.4, 0.5) is 4.39 Å². The van der Waals surface area contributed by atoms with Gasteiger partial charge in [-0.2, -0.15) is 0 Å². The van der Waals surface area contributed by atoms with Crippen molar-refractivity contribution in [3.05, 3.63) is 22.1 Å². The van der Waals surface area contributed by atoms with Crippen LogP contribution in [0.25, 0.3) is 0 Å². The van der Waals surface area contributed by atoms with Crippen molar-refractivity contribution >= 4 is 5.97 Å². The van der Waals surface area contributed by atoms with Crippen LogP contribution < -0.4 is 11.1 Å². The number of piperidine rings is 1. The summed E-state index contributed by atoms with van der Waals surface area (Å²) in [6, 6.07) is -1.00. The van der Waals surface area contributed by atoms with Gasteiger partial charge < -0.3 is 19.3 Å². The minimum absolute atomic E-state index is 0.0258. The van der Waals surface area contributed by atoms with E-state index in [4.69, 9.17) is 8.83 Å². The lowest BCUT2D eigenvalue weighted by Gasteiger charge is -2.41. The number of halogens is 1. The Bertz CT molecular complexity index is 562. The monoisotopic (exact) mass is 301 g/mol. The van der Waals surface area contributed by atoms with Crippen LogP contribution in [0.3, 0.4) is 0 Å². The van der Waals surface area contributed by atoms with Gasteiger partial charge >= 0.3 is 11.8 Å². The second kappa shape index (κ2) is 6.01. The first kappa shape index (κ1) is 15.8. The van der Waals surface area contributed by atoms with Gasteiger partial charge in [0.15, 0.2) is 0 Å². The first-order valence-corrected chi connectivity index (χ1v) is 7.12. The van der Waals surface area contributed by atoms with Crippen LogP contribution in [-0.4, -0.2) is 29.3 Å². The van der Waals surface area contributed by atoms with Gasteiger partial charge in [-0.1, -0.05) is 13.3 Å². The third-order valence-electron chi connectivity index (χ3n) is 4.14. The van der Waals surface area contributed by atoms with Gasteiger partial charge in [-0.3, -0.25) is 4.79 Å². The number of nitrogens with one attached hydrogen (secondary N) is 1. The van der Waals surface area contributed by atoms with E-state index >= 15 is 4.39 Å². The van der Waals surface area contributed by atoms with Gasteiger partial charge in [0, 0.05) is 12.3 Å². The smallest absolute Gasteiger partial charge is 0.480 e. The summed E-state index contributed by atoms with van der Waals surface area (Å²) in [6.07, 6.45) is 1.17. The van der Waals surface area contributed by atoms with E-state index in [1.807, 2.05) is 6.92 Å². The van der Waals surface area contributed by atoms with Crippen molar-refractivity contribution in [3.8, 4) is 0 Å². The average molecular weight is 301 g/mol. The van der Waals surface area contributed by atoms with Gasteiger partial charge in [0.1, 0.15) is 23.2 Å². The molecule has 1 aromatic heterocycles. The van der Waals surface area contributed by atoms with Crippen molar-refractivity contribution in [3.63, 3.8) is 0 Å². The minimum atomic E-state index is -1.59. The molecule has 7 heteroatoms. The number of carboxylic acid groups (broad SMARTS) is 1. The number of carboxylic acids is 1. The third kappa shape index (κ3) is 3.18. The van der Waals surface area contributed by atoms with Gasteiger partial charge in [-0.25, -0.2) is 9.18 Å². The Hall–Kier alpha value is -1.63. The molecule has 21 heavy (non-hydrogen) atoms. The lowest BCUT2D eigenvalue weighted by molar-refractivity contribution is -0.145. The predicted octanol–water partition coefficient (Wildman–Crippen LogP) is 1.65. The summed E-state index contributed by atoms with van der Waals surface area (Å²) in [7, 11) is 0. The Labute approximate surface area is 121 Å². The molecule has 118 valence electrons. The summed E-state index contributed by atoms with van der Waals surface area (Å²) in [6.45, 7) is 3.73. The van der Waals surface area contributed by atoms with Crippen molar-refractivity contribution in [2.45, 2.75) is 51.2 Å². The molecule has 1 aliphatic rings. The van der Waals surface area contributed by atoms with Crippen molar-refractivity contribution in [2.24, 2.45) is 5.92 Å². The summed E-state index contributed by atoms with van der Waals surface area (Å²) >= 11 is 0. The van der Waals surface area contributed by atoms with E-state index < -0.39 is 29.4 Å². The van der Waals surface area contributed by atoms with Crippen LogP contribution in [0.5, 0.6) is 0 Å². The fraction of sp³-hybridized carbons (Fsp3) is 0.714. The number of aliphatic carboxylic acids is 1. The highest BCUT2D eigenvalue weighted by Crippen LogP contribution is 2.38. The van der Waals surface area contributed by atoms with Gasteiger partial charge in [0.05, 0.1) is 0 Å². The molecule has 1 fully saturated rings. The minimum Gasteiger partial charge on any atom is -0.480 e. The number of hydrogen-bond acceptors (Lipinski definition) is 5. The highest BCUT2D eigenvalue weighted by Gasteiger charge is 2.48. The molecule has 3 unspecified atom stereocenters. The Morgan fingerprint density at radius 2 is 2.24 bits per heavy atom. The van der Waals surface area contributed by atoms with Crippen LogP contribution in [-0.2, 0) is 11.2 Å². The average Bonchev–Trinajstić information content (AvgIpc) is 2.70. The molecular weight excluding hydrogens is 281 g/mol. The van der Waals surface area contributed by atoms with Crippen molar-refractivity contribution < 1.29 is 23.1 Å². The Kier molecular flexibility index (Phi) is 4.51. The van der Waals surface area contributed by atoms with E-state index in [1.54, 1.807) is 6.92 Å². The molecule has 2 rings (SSSR count). The molecule has 2 heterocycles. The highest BCUT2D eigenvalue weighted by molar-refractivity contribution is 5.74. The summed E-state index contributed by atoms with van der Waals surface area (Å²) < 4.78 is 24.9. The Balaban J connectivity index is 2.33. The Morgan fingerprint density at radius 1 is 1.52 bits per heavy atom. The molecule has 0 saturated carbocycles. The van der Waals surface area contributed by atoms with Gasteiger partial charge in [0.2, 0.25) is 0 Å². The lowest BCUT2D eigenvalue weighted by atomic mass is 9.73. The normalized spacial score (nSPS) is 29.5. The summed E-state index contributed by atoms with van der Waals surface area (Å²) in [5.74, 6) is -2.26. The van der Waals surface area contributed by atoms with Gasteiger partial charge in [-0.15, -0.1) is 0 Å². The second-order valence-electron chi connectivity index (χ2n) is 5.55. The molecule has 2 N–H and O–H groups in total. The zero-order valence-electron chi connectivity index (χ0n) is 12.1. The zero-order valence-corrected chi connectivity index (χ0v) is 12.1. The quantitative estimate of drug-likeness (QED) is 0.859. The van der Waals surface area contributed by atoms with Crippen molar-refractivity contribution in [2.75, 3.05) is 6.54 Å². The van der Waals surface area contributed by atoms with E-state index in [9.17, 15) is 14.7 Å².